The number of H-pyrrole nitrogens is 1. The minimum atomic E-state index is -0.492. The molecule has 7 heteroatoms. The van der Waals surface area contributed by atoms with Crippen molar-refractivity contribution in [3.05, 3.63) is 93.9 Å². The van der Waals surface area contributed by atoms with Gasteiger partial charge in [0.1, 0.15) is 0 Å². The van der Waals surface area contributed by atoms with Crippen molar-refractivity contribution >= 4 is 17.6 Å². The first-order chi connectivity index (χ1) is 16.9. The van der Waals surface area contributed by atoms with Crippen LogP contribution >= 0.6 is 0 Å². The number of likely N-dealkylation sites (tertiary alicyclic amines) is 1. The van der Waals surface area contributed by atoms with Crippen molar-refractivity contribution in [1.29, 1.82) is 5.41 Å². The zero-order valence-electron chi connectivity index (χ0n) is 19.9. The minimum absolute atomic E-state index is 0.112. The van der Waals surface area contributed by atoms with Crippen molar-refractivity contribution in [3.8, 4) is 11.1 Å². The highest BCUT2D eigenvalue weighted by Gasteiger charge is 2.39. The van der Waals surface area contributed by atoms with Crippen LogP contribution in [0.15, 0.2) is 71.7 Å². The Morgan fingerprint density at radius 2 is 1.83 bits per heavy atom. The van der Waals surface area contributed by atoms with Gasteiger partial charge in [-0.3, -0.25) is 14.4 Å². The number of carbonyl (C=O) groups excluding carboxylic acids is 2. The van der Waals surface area contributed by atoms with Gasteiger partial charge in [-0.05, 0) is 72.7 Å². The zero-order chi connectivity index (χ0) is 24.9. The van der Waals surface area contributed by atoms with Gasteiger partial charge in [-0.1, -0.05) is 30.3 Å². The van der Waals surface area contributed by atoms with Gasteiger partial charge in [0, 0.05) is 36.1 Å². The minimum Gasteiger partial charge on any atom is -0.469 e. The number of nitrogens with zero attached hydrogens (tertiary/aromatic N) is 1. The molecule has 1 amide bonds. The Hall–Kier alpha value is -4.00. The Labute approximate surface area is 204 Å². The molecule has 2 atom stereocenters. The molecule has 2 N–H and O–H groups in total. The summed E-state index contributed by atoms with van der Waals surface area (Å²) >= 11 is 0. The number of aromatic amines is 1. The normalized spacial score (nSPS) is 16.1. The van der Waals surface area contributed by atoms with Crippen LogP contribution in [0.5, 0.6) is 0 Å². The van der Waals surface area contributed by atoms with E-state index in [2.05, 4.69) is 4.98 Å². The average Bonchev–Trinajstić information content (AvgIpc) is 3.36. The predicted octanol–water partition coefficient (Wildman–Crippen LogP) is 4.07. The number of ether oxygens (including phenoxy) is 1. The molecule has 0 bridgehead atoms. The largest absolute Gasteiger partial charge is 0.469 e. The van der Waals surface area contributed by atoms with Crippen molar-refractivity contribution in [2.45, 2.75) is 32.2 Å². The third-order valence-corrected chi connectivity index (χ3v) is 6.59. The Bertz CT molecular complexity index is 1280. The number of aromatic nitrogens is 1. The maximum atomic E-state index is 13.5. The van der Waals surface area contributed by atoms with Crippen LogP contribution in [0.1, 0.15) is 41.3 Å². The molecule has 35 heavy (non-hydrogen) atoms. The SMILES string of the molecule is COC(=O)C(Cc1cccc(C(C)=N)c1)C1CCCN1C(=O)c1ccc(-c2ccc(=O)[nH]c2)cc1. The first-order valence-corrected chi connectivity index (χ1v) is 11.7. The average molecular weight is 472 g/mol. The van der Waals surface area contributed by atoms with E-state index in [0.717, 1.165) is 35.1 Å². The third kappa shape index (κ3) is 5.40. The van der Waals surface area contributed by atoms with Crippen LogP contribution in [0.2, 0.25) is 0 Å². The molecule has 1 fully saturated rings. The Morgan fingerprint density at radius 3 is 2.49 bits per heavy atom. The van der Waals surface area contributed by atoms with Crippen LogP contribution in [-0.2, 0) is 16.0 Å². The van der Waals surface area contributed by atoms with Gasteiger partial charge in [-0.15, -0.1) is 0 Å². The van der Waals surface area contributed by atoms with Gasteiger partial charge in [0.2, 0.25) is 5.56 Å². The molecule has 2 heterocycles. The van der Waals surface area contributed by atoms with Crippen molar-refractivity contribution in [1.82, 2.24) is 9.88 Å². The van der Waals surface area contributed by atoms with Gasteiger partial charge >= 0.3 is 5.97 Å². The summed E-state index contributed by atoms with van der Waals surface area (Å²) < 4.78 is 5.14. The molecule has 0 spiro atoms. The van der Waals surface area contributed by atoms with Crippen LogP contribution in [0, 0.1) is 11.3 Å². The lowest BCUT2D eigenvalue weighted by molar-refractivity contribution is -0.147. The molecular weight excluding hydrogens is 442 g/mol. The molecule has 0 aliphatic carbocycles. The van der Waals surface area contributed by atoms with Crippen LogP contribution in [0.3, 0.4) is 0 Å². The summed E-state index contributed by atoms with van der Waals surface area (Å²) in [7, 11) is 1.38. The van der Waals surface area contributed by atoms with Gasteiger partial charge in [0.05, 0.1) is 13.0 Å². The number of pyridine rings is 1. The standard InChI is InChI=1S/C28H29N3O4/c1-18(29)22-6-3-5-19(15-22)16-24(28(34)35-2)25-7-4-14-31(25)27(33)21-10-8-20(9-11-21)23-12-13-26(32)30-17-23/h3,5-6,8-13,15,17,24-25,29H,4,7,14,16H2,1-2H3,(H,30,32). The van der Waals surface area contributed by atoms with E-state index in [-0.39, 0.29) is 23.5 Å². The van der Waals surface area contributed by atoms with Crippen molar-refractivity contribution in [3.63, 3.8) is 0 Å². The molecule has 7 nitrogen and oxygen atoms in total. The van der Waals surface area contributed by atoms with E-state index >= 15 is 0 Å². The Balaban J connectivity index is 1.56. The molecule has 2 unspecified atom stereocenters. The topological polar surface area (TPSA) is 103 Å². The molecule has 0 saturated carbocycles. The number of amides is 1. The van der Waals surface area contributed by atoms with Gasteiger partial charge in [-0.25, -0.2) is 0 Å². The van der Waals surface area contributed by atoms with E-state index in [1.165, 1.54) is 13.2 Å². The van der Waals surface area contributed by atoms with E-state index in [1.54, 1.807) is 36.2 Å². The molecule has 1 aliphatic rings. The van der Waals surface area contributed by atoms with E-state index in [9.17, 15) is 14.4 Å². The Kier molecular flexibility index (Phi) is 7.25. The highest BCUT2D eigenvalue weighted by Crippen LogP contribution is 2.30. The lowest BCUT2D eigenvalue weighted by Crippen LogP contribution is -2.44. The highest BCUT2D eigenvalue weighted by atomic mass is 16.5. The second-order valence-corrected chi connectivity index (χ2v) is 8.89. The van der Waals surface area contributed by atoms with Gasteiger partial charge in [0.15, 0.2) is 0 Å². The molecule has 2 aromatic carbocycles. The monoisotopic (exact) mass is 471 g/mol. The van der Waals surface area contributed by atoms with Crippen LogP contribution < -0.4 is 5.56 Å². The van der Waals surface area contributed by atoms with E-state index < -0.39 is 5.92 Å². The number of benzene rings is 2. The van der Waals surface area contributed by atoms with Crippen LogP contribution in [0.25, 0.3) is 11.1 Å². The van der Waals surface area contributed by atoms with Crippen LogP contribution in [-0.4, -0.2) is 47.2 Å². The lowest BCUT2D eigenvalue weighted by Gasteiger charge is -2.30. The molecule has 4 rings (SSSR count). The van der Waals surface area contributed by atoms with Crippen molar-refractivity contribution in [2.75, 3.05) is 13.7 Å². The number of methoxy groups -OCH3 is 1. The Morgan fingerprint density at radius 1 is 1.09 bits per heavy atom. The van der Waals surface area contributed by atoms with Gasteiger partial charge in [-0.2, -0.15) is 0 Å². The molecular formula is C28H29N3O4. The zero-order valence-corrected chi connectivity index (χ0v) is 19.9. The fourth-order valence-electron chi connectivity index (χ4n) is 4.74. The molecule has 180 valence electrons. The van der Waals surface area contributed by atoms with E-state index in [1.807, 2.05) is 36.4 Å². The maximum absolute atomic E-state index is 13.5. The summed E-state index contributed by atoms with van der Waals surface area (Å²) in [5.74, 6) is -0.938. The molecule has 1 aromatic heterocycles. The summed E-state index contributed by atoms with van der Waals surface area (Å²) in [5.41, 5.74) is 4.35. The number of hydrogen-bond donors (Lipinski definition) is 2. The summed E-state index contributed by atoms with van der Waals surface area (Å²) in [6, 6.07) is 17.8. The highest BCUT2D eigenvalue weighted by molar-refractivity contribution is 5.96. The molecule has 3 aromatic rings. The van der Waals surface area contributed by atoms with Crippen molar-refractivity contribution < 1.29 is 14.3 Å². The molecule has 0 radical (unpaired) electrons. The summed E-state index contributed by atoms with van der Waals surface area (Å²) in [6.07, 6.45) is 3.63. The first-order valence-electron chi connectivity index (χ1n) is 11.7. The fourth-order valence-corrected chi connectivity index (χ4v) is 4.74. The summed E-state index contributed by atoms with van der Waals surface area (Å²) in [4.78, 5) is 42.0. The quantitative estimate of drug-likeness (QED) is 0.400. The number of rotatable bonds is 7. The predicted molar refractivity (Wildman–Crippen MR) is 135 cm³/mol. The van der Waals surface area contributed by atoms with E-state index in [4.69, 9.17) is 10.1 Å². The summed E-state index contributed by atoms with van der Waals surface area (Å²) in [6.45, 7) is 2.31. The van der Waals surface area contributed by atoms with Crippen LogP contribution in [0.4, 0.5) is 0 Å². The van der Waals surface area contributed by atoms with Gasteiger partial charge in [0.25, 0.3) is 5.91 Å². The number of carbonyl (C=O) groups is 2. The number of nitrogens with one attached hydrogen (secondary N) is 2. The maximum Gasteiger partial charge on any atom is 0.311 e. The number of esters is 1. The second kappa shape index (κ2) is 10.5. The fraction of sp³-hybridized carbons (Fsp3) is 0.286. The first kappa shape index (κ1) is 24.1. The lowest BCUT2D eigenvalue weighted by atomic mass is 9.89. The smallest absolute Gasteiger partial charge is 0.311 e. The molecule has 1 saturated heterocycles. The van der Waals surface area contributed by atoms with Gasteiger partial charge < -0.3 is 20.0 Å². The number of hydrogen-bond acceptors (Lipinski definition) is 5. The third-order valence-electron chi connectivity index (χ3n) is 6.59. The summed E-state index contributed by atoms with van der Waals surface area (Å²) in [5, 5.41) is 7.90. The second-order valence-electron chi connectivity index (χ2n) is 8.89. The van der Waals surface area contributed by atoms with Crippen molar-refractivity contribution in [2.24, 2.45) is 5.92 Å². The van der Waals surface area contributed by atoms with E-state index in [0.29, 0.717) is 24.2 Å². The molecule has 1 aliphatic heterocycles.